The number of quaternary nitrogens is 1. The van der Waals surface area contributed by atoms with Gasteiger partial charge in [0.1, 0.15) is 36.8 Å². The van der Waals surface area contributed by atoms with Gasteiger partial charge in [0.05, 0.1) is 6.61 Å². The van der Waals surface area contributed by atoms with Gasteiger partial charge in [0.15, 0.2) is 0 Å². The maximum Gasteiger partial charge on any atom is 0.336 e. The third-order valence-electron chi connectivity index (χ3n) is 4.20. The van der Waals surface area contributed by atoms with Gasteiger partial charge in [-0.05, 0) is 55.8 Å². The van der Waals surface area contributed by atoms with Crippen molar-refractivity contribution in [1.29, 1.82) is 0 Å². The van der Waals surface area contributed by atoms with Crippen molar-refractivity contribution in [2.75, 3.05) is 19.8 Å². The Morgan fingerprint density at radius 1 is 1.07 bits per heavy atom. The summed E-state index contributed by atoms with van der Waals surface area (Å²) in [6.07, 6.45) is 0. The van der Waals surface area contributed by atoms with Gasteiger partial charge < -0.3 is 19.2 Å². The van der Waals surface area contributed by atoms with Gasteiger partial charge in [0, 0.05) is 22.0 Å². The Bertz CT molecular complexity index is 966. The molecule has 0 unspecified atom stereocenters. The van der Waals surface area contributed by atoms with Gasteiger partial charge in [0.2, 0.25) is 0 Å². The van der Waals surface area contributed by atoms with Crippen LogP contribution in [0.5, 0.6) is 11.5 Å². The van der Waals surface area contributed by atoms with Crippen LogP contribution in [-0.2, 0) is 6.54 Å². The zero-order valence-electron chi connectivity index (χ0n) is 15.5. The molecule has 1 heterocycles. The monoisotopic (exact) mass is 388 g/mol. The summed E-state index contributed by atoms with van der Waals surface area (Å²) in [5.74, 6) is 1.64. The molecule has 5 nitrogen and oxygen atoms in total. The first kappa shape index (κ1) is 19.3. The molecule has 0 spiro atoms. The molecule has 142 valence electrons. The fraction of sp³-hybridized carbons (Fsp3) is 0.286. The smallest absolute Gasteiger partial charge is 0.336 e. The van der Waals surface area contributed by atoms with E-state index in [2.05, 4.69) is 5.32 Å². The second-order valence-corrected chi connectivity index (χ2v) is 6.63. The molecule has 1 aromatic heterocycles. The molecule has 27 heavy (non-hydrogen) atoms. The van der Waals surface area contributed by atoms with E-state index in [1.54, 1.807) is 6.07 Å². The molecule has 6 heteroatoms. The number of hydrogen-bond acceptors (Lipinski definition) is 4. The topological polar surface area (TPSA) is 65.3 Å². The van der Waals surface area contributed by atoms with Crippen molar-refractivity contribution in [3.8, 4) is 11.5 Å². The fourth-order valence-electron chi connectivity index (χ4n) is 2.83. The van der Waals surface area contributed by atoms with Crippen molar-refractivity contribution in [1.82, 2.24) is 0 Å². The maximum absolute atomic E-state index is 11.8. The highest BCUT2D eigenvalue weighted by Gasteiger charge is 2.09. The Morgan fingerprint density at radius 3 is 2.48 bits per heavy atom. The van der Waals surface area contributed by atoms with E-state index in [0.29, 0.717) is 30.4 Å². The van der Waals surface area contributed by atoms with E-state index in [4.69, 9.17) is 25.5 Å². The molecule has 0 saturated heterocycles. The summed E-state index contributed by atoms with van der Waals surface area (Å²) in [5.41, 5.74) is 2.01. The van der Waals surface area contributed by atoms with Crippen molar-refractivity contribution < 1.29 is 19.2 Å². The van der Waals surface area contributed by atoms with Gasteiger partial charge in [-0.15, -0.1) is 0 Å². The lowest BCUT2D eigenvalue weighted by molar-refractivity contribution is -0.671. The van der Waals surface area contributed by atoms with Crippen LogP contribution in [0.2, 0.25) is 5.02 Å². The number of rotatable bonds is 8. The normalized spacial score (nSPS) is 10.9. The lowest BCUT2D eigenvalue weighted by Crippen LogP contribution is -2.83. The van der Waals surface area contributed by atoms with Gasteiger partial charge in [-0.3, -0.25) is 0 Å². The molecule has 0 amide bonds. The number of hydrogen-bond donors (Lipinski definition) is 1. The highest BCUT2D eigenvalue weighted by Crippen LogP contribution is 2.24. The maximum atomic E-state index is 11.8. The van der Waals surface area contributed by atoms with Crippen LogP contribution in [0.3, 0.4) is 0 Å². The van der Waals surface area contributed by atoms with Crippen LogP contribution < -0.4 is 20.4 Å². The van der Waals surface area contributed by atoms with E-state index < -0.39 is 0 Å². The van der Waals surface area contributed by atoms with E-state index in [-0.39, 0.29) is 5.63 Å². The number of benzene rings is 2. The van der Waals surface area contributed by atoms with Gasteiger partial charge in [-0.25, -0.2) is 4.79 Å². The summed E-state index contributed by atoms with van der Waals surface area (Å²) in [6, 6.07) is 12.8. The van der Waals surface area contributed by atoms with E-state index >= 15 is 0 Å². The summed E-state index contributed by atoms with van der Waals surface area (Å²) < 4.78 is 16.4. The lowest BCUT2D eigenvalue weighted by atomic mass is 10.1. The summed E-state index contributed by atoms with van der Waals surface area (Å²) in [7, 11) is 0. The summed E-state index contributed by atoms with van der Waals surface area (Å²) in [4.78, 5) is 11.8. The average Bonchev–Trinajstić information content (AvgIpc) is 2.64. The van der Waals surface area contributed by atoms with Crippen LogP contribution in [0.4, 0.5) is 0 Å². The summed E-state index contributed by atoms with van der Waals surface area (Å²) in [6.45, 7) is 6.45. The third kappa shape index (κ3) is 5.02. The van der Waals surface area contributed by atoms with Gasteiger partial charge in [-0.2, -0.15) is 0 Å². The standard InChI is InChI=1S/C21H22ClNO4/c1-3-25-16-4-6-17(7-5-16)26-9-8-23-13-15-11-21(24)27-20-10-14(2)19(22)12-18(15)20/h4-7,10-12,23H,3,8-9,13H2,1-2H3/p+1. The zero-order valence-corrected chi connectivity index (χ0v) is 16.2. The minimum atomic E-state index is -0.349. The minimum absolute atomic E-state index is 0.349. The second kappa shape index (κ2) is 8.93. The Labute approximate surface area is 162 Å². The van der Waals surface area contributed by atoms with E-state index in [1.807, 2.05) is 44.2 Å². The molecule has 0 atom stereocenters. The molecule has 3 aromatic rings. The molecule has 0 aliphatic carbocycles. The molecular formula is C21H23ClNO4+. The lowest BCUT2D eigenvalue weighted by Gasteiger charge is -2.09. The zero-order chi connectivity index (χ0) is 19.2. The van der Waals surface area contributed by atoms with Crippen LogP contribution in [0.25, 0.3) is 11.0 Å². The first-order valence-corrected chi connectivity index (χ1v) is 9.35. The number of aryl methyl sites for hydroxylation is 1. The Hall–Kier alpha value is -2.50. The van der Waals surface area contributed by atoms with Crippen molar-refractivity contribution in [3.63, 3.8) is 0 Å². The van der Waals surface area contributed by atoms with Crippen molar-refractivity contribution in [2.45, 2.75) is 20.4 Å². The Kier molecular flexibility index (Phi) is 6.37. The number of ether oxygens (including phenoxy) is 2. The molecule has 2 aromatic carbocycles. The number of fused-ring (bicyclic) bond motifs is 1. The first-order chi connectivity index (χ1) is 13.1. The molecule has 2 N–H and O–H groups in total. The fourth-order valence-corrected chi connectivity index (χ4v) is 3.00. The van der Waals surface area contributed by atoms with Crippen molar-refractivity contribution in [3.05, 3.63) is 69.0 Å². The van der Waals surface area contributed by atoms with Crippen LogP contribution in [0, 0.1) is 6.92 Å². The quantitative estimate of drug-likeness (QED) is 0.475. The van der Waals surface area contributed by atoms with Crippen LogP contribution in [0.1, 0.15) is 18.1 Å². The predicted octanol–water partition coefficient (Wildman–Crippen LogP) is 3.30. The molecule has 0 bridgehead atoms. The van der Waals surface area contributed by atoms with E-state index in [1.165, 1.54) is 6.07 Å². The van der Waals surface area contributed by atoms with Crippen molar-refractivity contribution in [2.24, 2.45) is 0 Å². The second-order valence-electron chi connectivity index (χ2n) is 6.22. The van der Waals surface area contributed by atoms with Crippen LogP contribution >= 0.6 is 11.6 Å². The highest BCUT2D eigenvalue weighted by molar-refractivity contribution is 6.32. The molecule has 3 rings (SSSR count). The van der Waals surface area contributed by atoms with Gasteiger partial charge in [0.25, 0.3) is 0 Å². The SMILES string of the molecule is CCOc1ccc(OCC[NH2+]Cc2cc(=O)oc3cc(C)c(Cl)cc23)cc1. The average molecular weight is 389 g/mol. The minimum Gasteiger partial charge on any atom is -0.494 e. The molecule has 0 saturated carbocycles. The predicted molar refractivity (Wildman–Crippen MR) is 106 cm³/mol. The number of halogens is 1. The Balaban J connectivity index is 1.56. The van der Waals surface area contributed by atoms with Gasteiger partial charge in [-0.1, -0.05) is 11.6 Å². The summed E-state index contributed by atoms with van der Waals surface area (Å²) in [5, 5.41) is 3.63. The molecule has 0 fully saturated rings. The van der Waals surface area contributed by atoms with E-state index in [9.17, 15) is 4.79 Å². The molecule has 0 aliphatic heterocycles. The number of nitrogens with two attached hydrogens (primary N) is 1. The first-order valence-electron chi connectivity index (χ1n) is 8.97. The van der Waals surface area contributed by atoms with Crippen LogP contribution in [0.15, 0.2) is 51.7 Å². The third-order valence-corrected chi connectivity index (χ3v) is 4.61. The van der Waals surface area contributed by atoms with Crippen molar-refractivity contribution >= 4 is 22.6 Å². The highest BCUT2D eigenvalue weighted by atomic mass is 35.5. The van der Waals surface area contributed by atoms with Crippen LogP contribution in [-0.4, -0.2) is 19.8 Å². The van der Waals surface area contributed by atoms with Gasteiger partial charge >= 0.3 is 5.63 Å². The molecule has 0 aliphatic rings. The molecular weight excluding hydrogens is 366 g/mol. The Morgan fingerprint density at radius 2 is 1.78 bits per heavy atom. The largest absolute Gasteiger partial charge is 0.494 e. The molecule has 0 radical (unpaired) electrons. The van der Waals surface area contributed by atoms with E-state index in [0.717, 1.165) is 34.6 Å². The summed E-state index contributed by atoms with van der Waals surface area (Å²) >= 11 is 6.22.